The summed E-state index contributed by atoms with van der Waals surface area (Å²) in [5, 5.41) is 8.55. The maximum atomic E-state index is 13.0. The summed E-state index contributed by atoms with van der Waals surface area (Å²) in [6.07, 6.45) is 9.84. The normalized spacial score (nSPS) is 21.7. The summed E-state index contributed by atoms with van der Waals surface area (Å²) in [5.41, 5.74) is 0.920. The standard InChI is InChI=1S/C21H27N3O2/c25-19(15-16-9-6-7-10-16)24-14-8-2-5-13-18(24)21-23-22-20(26-21)17-11-3-1-4-12-17/h1,3-4,11-12,16,18H,2,5-10,13-15H2. The molecule has 2 aliphatic rings. The van der Waals surface area contributed by atoms with Gasteiger partial charge in [-0.1, -0.05) is 43.9 Å². The van der Waals surface area contributed by atoms with Crippen LogP contribution in [0.5, 0.6) is 0 Å². The Labute approximate surface area is 154 Å². The number of amides is 1. The van der Waals surface area contributed by atoms with E-state index in [1.807, 2.05) is 35.2 Å². The van der Waals surface area contributed by atoms with Crippen LogP contribution in [0.15, 0.2) is 34.7 Å². The molecule has 2 fully saturated rings. The van der Waals surface area contributed by atoms with Crippen molar-refractivity contribution in [2.24, 2.45) is 5.92 Å². The Morgan fingerprint density at radius 1 is 1.00 bits per heavy atom. The molecule has 1 unspecified atom stereocenters. The minimum atomic E-state index is -0.0728. The molecule has 0 N–H and O–H groups in total. The van der Waals surface area contributed by atoms with E-state index in [0.29, 0.717) is 24.1 Å². The van der Waals surface area contributed by atoms with Gasteiger partial charge in [0.15, 0.2) is 0 Å². The van der Waals surface area contributed by atoms with Gasteiger partial charge in [0.1, 0.15) is 6.04 Å². The molecule has 0 radical (unpaired) electrons. The lowest BCUT2D eigenvalue weighted by Gasteiger charge is -2.28. The van der Waals surface area contributed by atoms with E-state index >= 15 is 0 Å². The van der Waals surface area contributed by atoms with Crippen LogP contribution < -0.4 is 0 Å². The molecule has 1 saturated heterocycles. The molecule has 2 aromatic rings. The van der Waals surface area contributed by atoms with E-state index < -0.39 is 0 Å². The lowest BCUT2D eigenvalue weighted by atomic mass is 10.0. The predicted molar refractivity (Wildman–Crippen MR) is 99.2 cm³/mol. The van der Waals surface area contributed by atoms with Gasteiger partial charge in [0.05, 0.1) is 0 Å². The second-order valence-electron chi connectivity index (χ2n) is 7.62. The smallest absolute Gasteiger partial charge is 0.247 e. The zero-order valence-corrected chi connectivity index (χ0v) is 15.3. The number of benzene rings is 1. The largest absolute Gasteiger partial charge is 0.418 e. The van der Waals surface area contributed by atoms with Crippen LogP contribution in [-0.4, -0.2) is 27.5 Å². The third-order valence-corrected chi connectivity index (χ3v) is 5.76. The molecule has 1 aliphatic heterocycles. The molecule has 0 spiro atoms. The summed E-state index contributed by atoms with van der Waals surface area (Å²) in [4.78, 5) is 15.0. The van der Waals surface area contributed by atoms with Crippen LogP contribution in [0.4, 0.5) is 0 Å². The first-order valence-corrected chi connectivity index (χ1v) is 9.99. The first-order chi connectivity index (χ1) is 12.8. The van der Waals surface area contributed by atoms with Gasteiger partial charge in [-0.3, -0.25) is 4.79 Å². The van der Waals surface area contributed by atoms with E-state index in [1.165, 1.54) is 25.7 Å². The van der Waals surface area contributed by atoms with Crippen molar-refractivity contribution in [3.05, 3.63) is 36.2 Å². The van der Waals surface area contributed by atoms with Gasteiger partial charge < -0.3 is 9.32 Å². The average molecular weight is 353 g/mol. The van der Waals surface area contributed by atoms with Crippen molar-refractivity contribution in [2.45, 2.75) is 63.8 Å². The quantitative estimate of drug-likeness (QED) is 0.795. The van der Waals surface area contributed by atoms with E-state index in [2.05, 4.69) is 10.2 Å². The van der Waals surface area contributed by atoms with Crippen LogP contribution in [0.1, 0.15) is 69.7 Å². The molecule has 4 rings (SSSR count). The summed E-state index contributed by atoms with van der Waals surface area (Å²) in [7, 11) is 0. The molecular weight excluding hydrogens is 326 g/mol. The number of aromatic nitrogens is 2. The molecule has 1 aromatic carbocycles. The Morgan fingerprint density at radius 3 is 2.58 bits per heavy atom. The third kappa shape index (κ3) is 3.81. The number of rotatable bonds is 4. The SMILES string of the molecule is O=C(CC1CCCC1)N1CCCCCC1c1nnc(-c2ccccc2)o1. The molecule has 5 nitrogen and oxygen atoms in total. The molecule has 1 saturated carbocycles. The van der Waals surface area contributed by atoms with Crippen molar-refractivity contribution in [3.8, 4) is 11.5 Å². The maximum absolute atomic E-state index is 13.0. The van der Waals surface area contributed by atoms with E-state index in [4.69, 9.17) is 4.42 Å². The van der Waals surface area contributed by atoms with Crippen LogP contribution >= 0.6 is 0 Å². The van der Waals surface area contributed by atoms with Gasteiger partial charge in [0.2, 0.25) is 17.7 Å². The zero-order chi connectivity index (χ0) is 17.8. The van der Waals surface area contributed by atoms with Crippen LogP contribution in [-0.2, 0) is 4.79 Å². The number of hydrogen-bond donors (Lipinski definition) is 0. The van der Waals surface area contributed by atoms with Crippen LogP contribution in [0.3, 0.4) is 0 Å². The number of likely N-dealkylation sites (tertiary alicyclic amines) is 1. The highest BCUT2D eigenvalue weighted by Gasteiger charge is 2.32. The Morgan fingerprint density at radius 2 is 1.77 bits per heavy atom. The van der Waals surface area contributed by atoms with Crippen molar-refractivity contribution in [3.63, 3.8) is 0 Å². The van der Waals surface area contributed by atoms with E-state index in [0.717, 1.165) is 37.8 Å². The zero-order valence-electron chi connectivity index (χ0n) is 15.3. The van der Waals surface area contributed by atoms with E-state index in [9.17, 15) is 4.79 Å². The lowest BCUT2D eigenvalue weighted by Crippen LogP contribution is -2.35. The monoisotopic (exact) mass is 353 g/mol. The number of carbonyl (C=O) groups is 1. The topological polar surface area (TPSA) is 59.2 Å². The molecule has 5 heteroatoms. The van der Waals surface area contributed by atoms with Crippen LogP contribution in [0, 0.1) is 5.92 Å². The van der Waals surface area contributed by atoms with Gasteiger partial charge in [0, 0.05) is 18.5 Å². The fourth-order valence-corrected chi connectivity index (χ4v) is 4.31. The molecule has 138 valence electrons. The van der Waals surface area contributed by atoms with Crippen molar-refractivity contribution in [1.82, 2.24) is 15.1 Å². The van der Waals surface area contributed by atoms with Crippen LogP contribution in [0.2, 0.25) is 0 Å². The highest BCUT2D eigenvalue weighted by atomic mass is 16.4. The second-order valence-corrected chi connectivity index (χ2v) is 7.62. The Kier molecular flexibility index (Phi) is 5.32. The minimum absolute atomic E-state index is 0.0728. The fraction of sp³-hybridized carbons (Fsp3) is 0.571. The van der Waals surface area contributed by atoms with Crippen molar-refractivity contribution >= 4 is 5.91 Å². The molecule has 1 aliphatic carbocycles. The molecule has 1 amide bonds. The number of hydrogen-bond acceptors (Lipinski definition) is 4. The van der Waals surface area contributed by atoms with Crippen LogP contribution in [0.25, 0.3) is 11.5 Å². The molecule has 0 bridgehead atoms. The van der Waals surface area contributed by atoms with Crippen molar-refractivity contribution in [1.29, 1.82) is 0 Å². The first kappa shape index (κ1) is 17.3. The van der Waals surface area contributed by atoms with Crippen molar-refractivity contribution in [2.75, 3.05) is 6.54 Å². The second kappa shape index (κ2) is 8.02. The minimum Gasteiger partial charge on any atom is -0.418 e. The van der Waals surface area contributed by atoms with Crippen molar-refractivity contribution < 1.29 is 9.21 Å². The summed E-state index contributed by atoms with van der Waals surface area (Å²) >= 11 is 0. The Bertz CT molecular complexity index is 722. The van der Waals surface area contributed by atoms with Gasteiger partial charge in [0.25, 0.3) is 0 Å². The Hall–Kier alpha value is -2.17. The van der Waals surface area contributed by atoms with E-state index in [-0.39, 0.29) is 11.9 Å². The average Bonchev–Trinajstić information content (AvgIpc) is 3.30. The van der Waals surface area contributed by atoms with E-state index in [1.54, 1.807) is 0 Å². The molecule has 1 atom stereocenters. The Balaban J connectivity index is 1.53. The van der Waals surface area contributed by atoms with Gasteiger partial charge in [-0.15, -0.1) is 10.2 Å². The summed E-state index contributed by atoms with van der Waals surface area (Å²) in [5.74, 6) is 1.95. The first-order valence-electron chi connectivity index (χ1n) is 9.99. The summed E-state index contributed by atoms with van der Waals surface area (Å²) in [6.45, 7) is 0.805. The van der Waals surface area contributed by atoms with Gasteiger partial charge in [-0.05, 0) is 43.7 Å². The summed E-state index contributed by atoms with van der Waals surface area (Å²) < 4.78 is 6.00. The summed E-state index contributed by atoms with van der Waals surface area (Å²) in [6, 6.07) is 9.75. The predicted octanol–water partition coefficient (Wildman–Crippen LogP) is 4.76. The molecule has 1 aromatic heterocycles. The lowest BCUT2D eigenvalue weighted by molar-refractivity contribution is -0.135. The number of carbonyl (C=O) groups excluding carboxylic acids is 1. The molecular formula is C21H27N3O2. The maximum Gasteiger partial charge on any atom is 0.247 e. The number of nitrogens with zero attached hydrogens (tertiary/aromatic N) is 3. The fourth-order valence-electron chi connectivity index (χ4n) is 4.31. The molecule has 26 heavy (non-hydrogen) atoms. The van der Waals surface area contributed by atoms with Gasteiger partial charge >= 0.3 is 0 Å². The third-order valence-electron chi connectivity index (χ3n) is 5.76. The highest BCUT2D eigenvalue weighted by Crippen LogP contribution is 2.34. The van der Waals surface area contributed by atoms with Gasteiger partial charge in [-0.25, -0.2) is 0 Å². The van der Waals surface area contributed by atoms with Gasteiger partial charge in [-0.2, -0.15) is 0 Å². The highest BCUT2D eigenvalue weighted by molar-refractivity contribution is 5.77. The molecule has 2 heterocycles.